The predicted molar refractivity (Wildman–Crippen MR) is 59.4 cm³/mol. The second-order valence-electron chi connectivity index (χ2n) is 4.62. The van der Waals surface area contributed by atoms with Crippen LogP contribution < -0.4 is 5.32 Å². The van der Waals surface area contributed by atoms with Gasteiger partial charge in [-0.05, 0) is 18.8 Å². The van der Waals surface area contributed by atoms with Crippen molar-refractivity contribution in [1.82, 2.24) is 9.97 Å². The molecular formula is C11H19N3. The third kappa shape index (κ3) is 3.32. The van der Waals surface area contributed by atoms with Crippen molar-refractivity contribution in [3.63, 3.8) is 0 Å². The van der Waals surface area contributed by atoms with Gasteiger partial charge in [-0.2, -0.15) is 0 Å². The largest absolute Gasteiger partial charge is 0.369 e. The summed E-state index contributed by atoms with van der Waals surface area (Å²) in [5.41, 5.74) is 1.31. The normalized spacial score (nSPS) is 11.4. The van der Waals surface area contributed by atoms with Crippen LogP contribution in [0.3, 0.4) is 0 Å². The first-order valence-electron chi connectivity index (χ1n) is 5.06. The summed E-state index contributed by atoms with van der Waals surface area (Å²) in [7, 11) is 0. The van der Waals surface area contributed by atoms with Crippen LogP contribution in [0.15, 0.2) is 12.4 Å². The third-order valence-corrected chi connectivity index (χ3v) is 1.82. The highest BCUT2D eigenvalue weighted by molar-refractivity contribution is 5.39. The minimum atomic E-state index is 0.250. The summed E-state index contributed by atoms with van der Waals surface area (Å²) in [5.74, 6) is 0.921. The van der Waals surface area contributed by atoms with Crippen LogP contribution in [0.2, 0.25) is 0 Å². The van der Waals surface area contributed by atoms with Gasteiger partial charge in [0, 0.05) is 18.9 Å². The lowest BCUT2D eigenvalue weighted by molar-refractivity contribution is 0.406. The van der Waals surface area contributed by atoms with Crippen LogP contribution >= 0.6 is 0 Å². The van der Waals surface area contributed by atoms with Gasteiger partial charge in [0.1, 0.15) is 5.82 Å². The topological polar surface area (TPSA) is 37.8 Å². The number of nitrogens with one attached hydrogen (secondary N) is 1. The minimum Gasteiger partial charge on any atom is -0.369 e. The Balaban J connectivity index is 2.84. The van der Waals surface area contributed by atoms with Crippen molar-refractivity contribution in [3.8, 4) is 0 Å². The lowest BCUT2D eigenvalue weighted by Crippen LogP contribution is -2.14. The van der Waals surface area contributed by atoms with Crippen LogP contribution in [0.25, 0.3) is 0 Å². The van der Waals surface area contributed by atoms with Crippen molar-refractivity contribution < 1.29 is 0 Å². The van der Waals surface area contributed by atoms with Crippen LogP contribution in [0.5, 0.6) is 0 Å². The molecule has 1 aromatic rings. The molecule has 1 N–H and O–H groups in total. The molecule has 0 aliphatic carbocycles. The maximum atomic E-state index is 4.36. The highest BCUT2D eigenvalue weighted by Gasteiger charge is 2.15. The van der Waals surface area contributed by atoms with E-state index in [0.717, 1.165) is 24.5 Å². The van der Waals surface area contributed by atoms with Crippen molar-refractivity contribution >= 4 is 5.82 Å². The smallest absolute Gasteiger partial charge is 0.147 e. The average molecular weight is 193 g/mol. The van der Waals surface area contributed by atoms with Crippen LogP contribution in [0.1, 0.15) is 33.4 Å². The number of hydrogen-bond donors (Lipinski definition) is 1. The molecule has 3 heteroatoms. The quantitative estimate of drug-likeness (QED) is 0.801. The van der Waals surface area contributed by atoms with E-state index < -0.39 is 0 Å². The van der Waals surface area contributed by atoms with Crippen molar-refractivity contribution in [2.45, 2.75) is 34.1 Å². The molecule has 0 saturated heterocycles. The fourth-order valence-corrected chi connectivity index (χ4v) is 1.31. The molecule has 0 aromatic carbocycles. The van der Waals surface area contributed by atoms with Gasteiger partial charge in [0.2, 0.25) is 0 Å². The summed E-state index contributed by atoms with van der Waals surface area (Å²) < 4.78 is 0. The molecule has 0 bridgehead atoms. The van der Waals surface area contributed by atoms with Gasteiger partial charge in [-0.15, -0.1) is 0 Å². The molecule has 0 aliphatic rings. The van der Waals surface area contributed by atoms with Gasteiger partial charge in [0.25, 0.3) is 0 Å². The molecule has 0 atom stereocenters. The monoisotopic (exact) mass is 193 g/mol. The van der Waals surface area contributed by atoms with E-state index >= 15 is 0 Å². The molecule has 78 valence electrons. The molecule has 0 spiro atoms. The van der Waals surface area contributed by atoms with Crippen molar-refractivity contribution in [3.05, 3.63) is 18.1 Å². The van der Waals surface area contributed by atoms with E-state index in [4.69, 9.17) is 0 Å². The molecular weight excluding hydrogens is 174 g/mol. The Bertz CT molecular complexity index is 289. The zero-order chi connectivity index (χ0) is 10.6. The van der Waals surface area contributed by atoms with Crippen molar-refractivity contribution in [2.24, 2.45) is 5.41 Å². The van der Waals surface area contributed by atoms with Crippen LogP contribution in [0.4, 0.5) is 5.82 Å². The molecule has 0 saturated carbocycles. The molecule has 3 nitrogen and oxygen atoms in total. The average Bonchev–Trinajstić information content (AvgIpc) is 2.06. The highest BCUT2D eigenvalue weighted by Crippen LogP contribution is 2.22. The number of aromatic nitrogens is 2. The van der Waals surface area contributed by atoms with E-state index in [1.807, 2.05) is 0 Å². The van der Waals surface area contributed by atoms with Gasteiger partial charge < -0.3 is 5.32 Å². The molecule has 1 rings (SSSR count). The first kappa shape index (κ1) is 11.0. The maximum Gasteiger partial charge on any atom is 0.147 e. The second kappa shape index (κ2) is 4.40. The number of anilines is 1. The van der Waals surface area contributed by atoms with E-state index in [1.54, 1.807) is 12.4 Å². The van der Waals surface area contributed by atoms with Gasteiger partial charge in [0.05, 0.1) is 5.69 Å². The maximum absolute atomic E-state index is 4.36. The van der Waals surface area contributed by atoms with E-state index in [-0.39, 0.29) is 5.41 Å². The number of nitrogens with zero attached hydrogens (tertiary/aromatic N) is 2. The van der Waals surface area contributed by atoms with E-state index in [0.29, 0.717) is 0 Å². The summed E-state index contributed by atoms with van der Waals surface area (Å²) in [6.07, 6.45) is 4.43. The fraction of sp³-hybridized carbons (Fsp3) is 0.636. The van der Waals surface area contributed by atoms with Crippen molar-refractivity contribution in [2.75, 3.05) is 11.9 Å². The van der Waals surface area contributed by atoms with Crippen molar-refractivity contribution in [1.29, 1.82) is 0 Å². The van der Waals surface area contributed by atoms with Gasteiger partial charge in [-0.3, -0.25) is 4.98 Å². The van der Waals surface area contributed by atoms with E-state index in [9.17, 15) is 0 Å². The van der Waals surface area contributed by atoms with Crippen LogP contribution in [-0.2, 0) is 6.42 Å². The van der Waals surface area contributed by atoms with Gasteiger partial charge in [0.15, 0.2) is 0 Å². The molecule has 0 radical (unpaired) electrons. The standard InChI is InChI=1S/C11H19N3/c1-5-12-10-9(8-11(2,3)4)13-6-7-14-10/h6-7H,5,8H2,1-4H3,(H,12,14). The predicted octanol–water partition coefficient (Wildman–Crippen LogP) is 2.50. The zero-order valence-electron chi connectivity index (χ0n) is 9.46. The summed E-state index contributed by atoms with van der Waals surface area (Å²) in [5, 5.41) is 3.23. The first-order chi connectivity index (χ1) is 6.53. The molecule has 1 aromatic heterocycles. The van der Waals surface area contributed by atoms with Crippen LogP contribution in [-0.4, -0.2) is 16.5 Å². The highest BCUT2D eigenvalue weighted by atomic mass is 15.0. The third-order valence-electron chi connectivity index (χ3n) is 1.82. The summed E-state index contributed by atoms with van der Waals surface area (Å²) in [6.45, 7) is 9.57. The fourth-order valence-electron chi connectivity index (χ4n) is 1.31. The molecule has 1 heterocycles. The van der Waals surface area contributed by atoms with Gasteiger partial charge in [-0.25, -0.2) is 4.98 Å². The van der Waals surface area contributed by atoms with Crippen LogP contribution in [0, 0.1) is 5.41 Å². The zero-order valence-corrected chi connectivity index (χ0v) is 9.46. The molecule has 0 unspecified atom stereocenters. The first-order valence-corrected chi connectivity index (χ1v) is 5.06. The Labute approximate surface area is 86.0 Å². The second-order valence-corrected chi connectivity index (χ2v) is 4.62. The Kier molecular flexibility index (Phi) is 3.44. The van der Waals surface area contributed by atoms with Gasteiger partial charge >= 0.3 is 0 Å². The lowest BCUT2D eigenvalue weighted by Gasteiger charge is -2.18. The molecule has 0 aliphatic heterocycles. The lowest BCUT2D eigenvalue weighted by atomic mass is 9.90. The van der Waals surface area contributed by atoms with E-state index in [2.05, 4.69) is 43.0 Å². The van der Waals surface area contributed by atoms with Gasteiger partial charge in [-0.1, -0.05) is 20.8 Å². The van der Waals surface area contributed by atoms with E-state index in [1.165, 1.54) is 0 Å². The summed E-state index contributed by atoms with van der Waals surface area (Å²) >= 11 is 0. The Hall–Kier alpha value is -1.12. The number of hydrogen-bond acceptors (Lipinski definition) is 3. The molecule has 0 amide bonds. The minimum absolute atomic E-state index is 0.250. The molecule has 0 fully saturated rings. The Morgan fingerprint density at radius 1 is 1.21 bits per heavy atom. The summed E-state index contributed by atoms with van der Waals surface area (Å²) in [6, 6.07) is 0. The Morgan fingerprint density at radius 3 is 2.43 bits per heavy atom. The Morgan fingerprint density at radius 2 is 1.86 bits per heavy atom. The SMILES string of the molecule is CCNc1nccnc1CC(C)(C)C. The summed E-state index contributed by atoms with van der Waals surface area (Å²) in [4.78, 5) is 8.64. The number of rotatable bonds is 3. The molecule has 14 heavy (non-hydrogen) atoms.